The number of benzene rings is 2. The van der Waals surface area contributed by atoms with Gasteiger partial charge in [0.1, 0.15) is 10.9 Å². The number of para-hydroxylation sites is 1. The standard InChI is InChI=1S/C28H30N6O4S/c1-15-9-10-17(12-16(15)2)34(28(37)25-22(29)23(26(30)35)33-39-25)24(27(36)32-13-18-6-5-11-38-18)20-14-31-21-8-4-3-7-19(20)21/h3-4,7-10,12,14,18,24,31H,5-6,11,13,29H2,1-2H3,(H2,30,35)(H,32,36). The second-order valence-electron chi connectivity index (χ2n) is 9.65. The second kappa shape index (κ2) is 10.9. The van der Waals surface area contributed by atoms with Crippen LogP contribution in [0.2, 0.25) is 0 Å². The van der Waals surface area contributed by atoms with E-state index in [0.717, 1.165) is 46.4 Å². The van der Waals surface area contributed by atoms with Gasteiger partial charge in [-0.25, -0.2) is 0 Å². The Kier molecular flexibility index (Phi) is 7.36. The summed E-state index contributed by atoms with van der Waals surface area (Å²) in [5, 5.41) is 3.81. The van der Waals surface area contributed by atoms with Gasteiger partial charge in [-0.3, -0.25) is 19.3 Å². The number of ether oxygens (including phenoxy) is 1. The molecule has 0 saturated carbocycles. The van der Waals surface area contributed by atoms with Crippen molar-refractivity contribution in [2.24, 2.45) is 5.73 Å². The predicted molar refractivity (Wildman–Crippen MR) is 151 cm³/mol. The summed E-state index contributed by atoms with van der Waals surface area (Å²) in [4.78, 5) is 44.8. The fraction of sp³-hybridized carbons (Fsp3) is 0.286. The molecule has 1 saturated heterocycles. The summed E-state index contributed by atoms with van der Waals surface area (Å²) in [5.41, 5.74) is 15.2. The lowest BCUT2D eigenvalue weighted by atomic mass is 10.0. The monoisotopic (exact) mass is 546 g/mol. The Morgan fingerprint density at radius 1 is 1.21 bits per heavy atom. The molecule has 2 aromatic carbocycles. The van der Waals surface area contributed by atoms with E-state index in [-0.39, 0.29) is 28.3 Å². The fourth-order valence-electron chi connectivity index (χ4n) is 4.83. The van der Waals surface area contributed by atoms with Crippen molar-refractivity contribution in [3.8, 4) is 0 Å². The number of rotatable bonds is 8. The number of aryl methyl sites for hydroxylation is 2. The van der Waals surface area contributed by atoms with Crippen molar-refractivity contribution in [2.45, 2.75) is 38.8 Å². The first-order chi connectivity index (χ1) is 18.8. The summed E-state index contributed by atoms with van der Waals surface area (Å²) in [6, 6.07) is 12.0. The SMILES string of the molecule is Cc1ccc(N(C(=O)c2snc(C(N)=O)c2N)C(C(=O)NCC2CCCO2)c2c[nH]c3ccccc23)cc1C. The quantitative estimate of drug-likeness (QED) is 0.264. The normalized spacial score (nSPS) is 15.8. The van der Waals surface area contributed by atoms with Crippen LogP contribution in [0.15, 0.2) is 48.7 Å². The van der Waals surface area contributed by atoms with Crippen molar-refractivity contribution in [3.63, 3.8) is 0 Å². The summed E-state index contributed by atoms with van der Waals surface area (Å²) >= 11 is 0.780. The van der Waals surface area contributed by atoms with Crippen LogP contribution < -0.4 is 21.7 Å². The number of amides is 3. The number of carbonyl (C=O) groups is 3. The van der Waals surface area contributed by atoms with E-state index in [2.05, 4.69) is 14.7 Å². The largest absolute Gasteiger partial charge is 0.395 e. The number of primary amides is 1. The van der Waals surface area contributed by atoms with Crippen molar-refractivity contribution in [1.82, 2.24) is 14.7 Å². The number of nitrogens with one attached hydrogen (secondary N) is 2. The molecule has 5 rings (SSSR count). The molecule has 3 heterocycles. The van der Waals surface area contributed by atoms with Crippen LogP contribution in [-0.4, -0.2) is 46.3 Å². The fourth-order valence-corrected chi connectivity index (χ4v) is 5.57. The molecule has 0 bridgehead atoms. The molecule has 10 nitrogen and oxygen atoms in total. The molecule has 39 heavy (non-hydrogen) atoms. The molecule has 6 N–H and O–H groups in total. The molecule has 1 fully saturated rings. The number of H-pyrrole nitrogens is 1. The molecule has 0 spiro atoms. The number of nitrogens with zero attached hydrogens (tertiary/aromatic N) is 2. The lowest BCUT2D eigenvalue weighted by Crippen LogP contribution is -2.45. The molecule has 4 aromatic rings. The molecule has 0 aliphatic carbocycles. The van der Waals surface area contributed by atoms with E-state index >= 15 is 0 Å². The van der Waals surface area contributed by atoms with Crippen LogP contribution in [0.5, 0.6) is 0 Å². The van der Waals surface area contributed by atoms with E-state index in [1.54, 1.807) is 12.3 Å². The smallest absolute Gasteiger partial charge is 0.273 e. The zero-order valence-electron chi connectivity index (χ0n) is 21.7. The van der Waals surface area contributed by atoms with Crippen molar-refractivity contribution in [2.75, 3.05) is 23.8 Å². The maximum atomic E-state index is 14.3. The lowest BCUT2D eigenvalue weighted by Gasteiger charge is -2.31. The third-order valence-corrected chi connectivity index (χ3v) is 7.94. The lowest BCUT2D eigenvalue weighted by molar-refractivity contribution is -0.123. The Labute approximate surface area is 229 Å². The highest BCUT2D eigenvalue weighted by Gasteiger charge is 2.37. The predicted octanol–water partition coefficient (Wildman–Crippen LogP) is 3.61. The van der Waals surface area contributed by atoms with Gasteiger partial charge in [-0.05, 0) is 67.5 Å². The minimum Gasteiger partial charge on any atom is -0.395 e. The van der Waals surface area contributed by atoms with Crippen LogP contribution in [0.3, 0.4) is 0 Å². The van der Waals surface area contributed by atoms with Gasteiger partial charge >= 0.3 is 0 Å². The first-order valence-electron chi connectivity index (χ1n) is 12.7. The molecule has 1 aliphatic heterocycles. The van der Waals surface area contributed by atoms with Crippen molar-refractivity contribution < 1.29 is 19.1 Å². The van der Waals surface area contributed by atoms with E-state index in [9.17, 15) is 14.4 Å². The number of anilines is 2. The van der Waals surface area contributed by atoms with Gasteiger partial charge in [0.15, 0.2) is 5.69 Å². The molecular weight excluding hydrogens is 516 g/mol. The first kappa shape index (κ1) is 26.4. The Morgan fingerprint density at radius 2 is 2.00 bits per heavy atom. The Bertz CT molecular complexity index is 1550. The zero-order chi connectivity index (χ0) is 27.7. The van der Waals surface area contributed by atoms with Crippen LogP contribution >= 0.6 is 11.5 Å². The van der Waals surface area contributed by atoms with Gasteiger partial charge in [0, 0.05) is 41.5 Å². The Morgan fingerprint density at radius 3 is 2.69 bits per heavy atom. The second-order valence-corrected chi connectivity index (χ2v) is 10.4. The van der Waals surface area contributed by atoms with Gasteiger partial charge in [-0.1, -0.05) is 24.3 Å². The summed E-state index contributed by atoms with van der Waals surface area (Å²) < 4.78 is 9.73. The van der Waals surface area contributed by atoms with Gasteiger partial charge in [0.05, 0.1) is 11.8 Å². The molecule has 0 radical (unpaired) electrons. The van der Waals surface area contributed by atoms with Crippen LogP contribution in [0.25, 0.3) is 10.9 Å². The first-order valence-corrected chi connectivity index (χ1v) is 13.4. The van der Waals surface area contributed by atoms with Gasteiger partial charge < -0.3 is 26.5 Å². The van der Waals surface area contributed by atoms with E-state index in [1.807, 2.05) is 50.2 Å². The van der Waals surface area contributed by atoms with E-state index < -0.39 is 17.9 Å². The number of fused-ring (bicyclic) bond motifs is 1. The number of nitrogen functional groups attached to an aromatic ring is 1. The summed E-state index contributed by atoms with van der Waals surface area (Å²) in [7, 11) is 0. The minimum atomic E-state index is -1.07. The minimum absolute atomic E-state index is 0.0267. The van der Waals surface area contributed by atoms with Crippen molar-refractivity contribution in [3.05, 3.63) is 75.9 Å². The topological polar surface area (TPSA) is 156 Å². The number of nitrogens with two attached hydrogens (primary N) is 2. The molecule has 3 amide bonds. The third kappa shape index (κ3) is 5.10. The highest BCUT2D eigenvalue weighted by atomic mass is 32.1. The van der Waals surface area contributed by atoms with Crippen molar-refractivity contribution in [1.29, 1.82) is 0 Å². The maximum absolute atomic E-state index is 14.3. The van der Waals surface area contributed by atoms with E-state index in [0.29, 0.717) is 24.4 Å². The highest BCUT2D eigenvalue weighted by molar-refractivity contribution is 7.09. The molecular formula is C28H30N6O4S. The average molecular weight is 547 g/mol. The number of carbonyl (C=O) groups excluding carboxylic acids is 3. The van der Waals surface area contributed by atoms with Crippen LogP contribution in [0.4, 0.5) is 11.4 Å². The van der Waals surface area contributed by atoms with Gasteiger partial charge in [-0.2, -0.15) is 4.37 Å². The molecule has 11 heteroatoms. The van der Waals surface area contributed by atoms with Gasteiger partial charge in [-0.15, -0.1) is 0 Å². The van der Waals surface area contributed by atoms with Crippen LogP contribution in [0.1, 0.15) is 55.7 Å². The zero-order valence-corrected chi connectivity index (χ0v) is 22.5. The third-order valence-electron chi connectivity index (χ3n) is 7.09. The highest BCUT2D eigenvalue weighted by Crippen LogP contribution is 2.36. The van der Waals surface area contributed by atoms with E-state index in [1.165, 1.54) is 4.90 Å². The van der Waals surface area contributed by atoms with Gasteiger partial charge in [0.25, 0.3) is 11.8 Å². The molecule has 1 aliphatic rings. The van der Waals surface area contributed by atoms with E-state index in [4.69, 9.17) is 16.2 Å². The Hall–Kier alpha value is -4.22. The number of hydrogen-bond acceptors (Lipinski definition) is 7. The maximum Gasteiger partial charge on any atom is 0.273 e. The van der Waals surface area contributed by atoms with Crippen molar-refractivity contribution >= 4 is 51.5 Å². The summed E-state index contributed by atoms with van der Waals surface area (Å²) in [6.45, 7) is 4.89. The molecule has 2 atom stereocenters. The van der Waals surface area contributed by atoms with Crippen LogP contribution in [-0.2, 0) is 9.53 Å². The van der Waals surface area contributed by atoms with Crippen LogP contribution in [0, 0.1) is 13.8 Å². The molecule has 2 unspecified atom stereocenters. The Balaban J connectivity index is 1.66. The number of aromatic nitrogens is 2. The number of aromatic amines is 1. The summed E-state index contributed by atoms with van der Waals surface area (Å²) in [5.74, 6) is -1.77. The molecule has 2 aromatic heterocycles. The summed E-state index contributed by atoms with van der Waals surface area (Å²) in [6.07, 6.45) is 3.45. The number of hydrogen-bond donors (Lipinski definition) is 4. The molecule has 202 valence electrons. The van der Waals surface area contributed by atoms with Gasteiger partial charge in [0.2, 0.25) is 5.91 Å². The average Bonchev–Trinajstić information content (AvgIpc) is 3.67.